The highest BCUT2D eigenvalue weighted by Crippen LogP contribution is 2.35. The maximum absolute atomic E-state index is 14.3. The lowest BCUT2D eigenvalue weighted by Gasteiger charge is -2.29. The number of halogens is 5. The average Bonchev–Trinajstić information content (AvgIpc) is 3.23. The van der Waals surface area contributed by atoms with Crippen LogP contribution in [0.3, 0.4) is 0 Å². The lowest BCUT2D eigenvalue weighted by atomic mass is 9.98. The Morgan fingerprint density at radius 3 is 2.63 bits per heavy atom. The standard InChI is InChI=1S/C22H19ClF4N4O3S/c1-30-11-19(28-12-30)35(33,34)31-8-7-15-14(10-31)5-6-17(23)21(15)29-18(32)9-13-3-2-4-16(20(13)24)22(25,26)27/h2-6,11-12H,7-10H2,1H3,(H,29,32). The highest BCUT2D eigenvalue weighted by Gasteiger charge is 2.35. The summed E-state index contributed by atoms with van der Waals surface area (Å²) in [5.74, 6) is -2.27. The molecule has 0 atom stereocenters. The van der Waals surface area contributed by atoms with Crippen molar-refractivity contribution >= 4 is 33.2 Å². The second-order valence-corrected chi connectivity index (χ2v) is 10.3. The van der Waals surface area contributed by atoms with Crippen molar-refractivity contribution in [1.82, 2.24) is 13.9 Å². The summed E-state index contributed by atoms with van der Waals surface area (Å²) < 4.78 is 81.8. The molecule has 1 aliphatic rings. The van der Waals surface area contributed by atoms with Gasteiger partial charge in [0.15, 0.2) is 5.03 Å². The van der Waals surface area contributed by atoms with Crippen molar-refractivity contribution in [3.63, 3.8) is 0 Å². The van der Waals surface area contributed by atoms with Gasteiger partial charge in [-0.2, -0.15) is 17.5 Å². The van der Waals surface area contributed by atoms with E-state index in [0.717, 1.165) is 12.1 Å². The summed E-state index contributed by atoms with van der Waals surface area (Å²) in [6, 6.07) is 5.86. The molecule has 0 bridgehead atoms. The van der Waals surface area contributed by atoms with Crippen LogP contribution in [-0.2, 0) is 47.4 Å². The summed E-state index contributed by atoms with van der Waals surface area (Å²) in [5.41, 5.74) is -0.446. The lowest BCUT2D eigenvalue weighted by molar-refractivity contribution is -0.140. The van der Waals surface area contributed by atoms with Crippen LogP contribution in [0.5, 0.6) is 0 Å². The smallest absolute Gasteiger partial charge is 0.339 e. The van der Waals surface area contributed by atoms with E-state index in [0.29, 0.717) is 17.2 Å². The number of nitrogens with zero attached hydrogens (tertiary/aromatic N) is 3. The number of nitrogens with one attached hydrogen (secondary N) is 1. The van der Waals surface area contributed by atoms with Gasteiger partial charge in [0.25, 0.3) is 10.0 Å². The molecule has 35 heavy (non-hydrogen) atoms. The van der Waals surface area contributed by atoms with Crippen LogP contribution in [0.4, 0.5) is 23.2 Å². The Morgan fingerprint density at radius 1 is 1.23 bits per heavy atom. The fourth-order valence-corrected chi connectivity index (χ4v) is 5.50. The second-order valence-electron chi connectivity index (χ2n) is 8.03. The Balaban J connectivity index is 1.56. The molecule has 7 nitrogen and oxygen atoms in total. The minimum absolute atomic E-state index is 0.0105. The number of aromatic nitrogens is 2. The number of aryl methyl sites for hydroxylation is 1. The topological polar surface area (TPSA) is 84.3 Å². The number of amides is 1. The Kier molecular flexibility index (Phi) is 6.64. The summed E-state index contributed by atoms with van der Waals surface area (Å²) in [4.78, 5) is 16.5. The molecular weight excluding hydrogens is 512 g/mol. The fourth-order valence-electron chi connectivity index (χ4n) is 3.89. The van der Waals surface area contributed by atoms with Crippen LogP contribution in [0.15, 0.2) is 47.9 Å². The van der Waals surface area contributed by atoms with E-state index < -0.39 is 45.5 Å². The highest BCUT2D eigenvalue weighted by molar-refractivity contribution is 7.89. The first-order chi connectivity index (χ1) is 16.4. The zero-order valence-electron chi connectivity index (χ0n) is 18.2. The monoisotopic (exact) mass is 530 g/mol. The molecule has 0 fully saturated rings. The number of hydrogen-bond donors (Lipinski definition) is 1. The molecule has 186 valence electrons. The molecule has 13 heteroatoms. The summed E-state index contributed by atoms with van der Waals surface area (Å²) >= 11 is 6.27. The number of hydrogen-bond acceptors (Lipinski definition) is 4. The number of imidazole rings is 1. The maximum Gasteiger partial charge on any atom is 0.419 e. The molecule has 2 aromatic carbocycles. The SMILES string of the molecule is Cn1cnc(S(=O)(=O)N2CCc3c(ccc(Cl)c3NC(=O)Cc3cccc(C(F)(F)F)c3F)C2)c1. The molecule has 1 amide bonds. The van der Waals surface area contributed by atoms with Crippen LogP contribution in [0.1, 0.15) is 22.3 Å². The molecular formula is C22H19ClF4N4O3S. The molecule has 1 N–H and O–H groups in total. The quantitative estimate of drug-likeness (QED) is 0.502. The van der Waals surface area contributed by atoms with Crippen molar-refractivity contribution in [1.29, 1.82) is 0 Å². The van der Waals surface area contributed by atoms with Gasteiger partial charge in [0, 0.05) is 26.3 Å². The molecule has 3 aromatic rings. The molecule has 0 saturated heterocycles. The van der Waals surface area contributed by atoms with Crippen LogP contribution in [0.2, 0.25) is 5.02 Å². The van der Waals surface area contributed by atoms with Crippen molar-refractivity contribution in [3.8, 4) is 0 Å². The first-order valence-electron chi connectivity index (χ1n) is 10.3. The van der Waals surface area contributed by atoms with Crippen LogP contribution in [-0.4, -0.2) is 34.7 Å². The fraction of sp³-hybridized carbons (Fsp3) is 0.273. The van der Waals surface area contributed by atoms with Crippen LogP contribution < -0.4 is 5.32 Å². The Labute approximate surface area is 203 Å². The molecule has 0 unspecified atom stereocenters. The third kappa shape index (κ3) is 5.04. The number of fused-ring (bicyclic) bond motifs is 1. The van der Waals surface area contributed by atoms with Crippen molar-refractivity contribution in [3.05, 3.63) is 75.9 Å². The predicted octanol–water partition coefficient (Wildman–Crippen LogP) is 4.16. The molecule has 0 saturated carbocycles. The summed E-state index contributed by atoms with van der Waals surface area (Å²) in [6.45, 7) is 0.105. The number of carbonyl (C=O) groups excluding carboxylic acids is 1. The van der Waals surface area contributed by atoms with Gasteiger partial charge < -0.3 is 9.88 Å². The molecule has 4 rings (SSSR count). The summed E-state index contributed by atoms with van der Waals surface area (Å²) in [5, 5.41) is 2.64. The summed E-state index contributed by atoms with van der Waals surface area (Å²) in [6.07, 6.45) is -2.54. The molecule has 2 heterocycles. The molecule has 1 aliphatic heterocycles. The van der Waals surface area contributed by atoms with E-state index in [4.69, 9.17) is 11.6 Å². The number of anilines is 1. The summed E-state index contributed by atoms with van der Waals surface area (Å²) in [7, 11) is -2.19. The van der Waals surface area contributed by atoms with E-state index in [1.807, 2.05) is 0 Å². The largest absolute Gasteiger partial charge is 0.419 e. The molecule has 0 aliphatic carbocycles. The molecule has 0 radical (unpaired) electrons. The normalized spacial score (nSPS) is 14.6. The third-order valence-corrected chi connectivity index (χ3v) is 7.65. The third-order valence-electron chi connectivity index (χ3n) is 5.60. The van der Waals surface area contributed by atoms with Gasteiger partial charge in [-0.05, 0) is 35.2 Å². The van der Waals surface area contributed by atoms with Crippen LogP contribution in [0.25, 0.3) is 0 Å². The van der Waals surface area contributed by atoms with Gasteiger partial charge in [-0.15, -0.1) is 0 Å². The number of carbonyl (C=O) groups is 1. The van der Waals surface area contributed by atoms with E-state index >= 15 is 0 Å². The molecule has 1 aromatic heterocycles. The molecule has 0 spiro atoms. The zero-order chi connectivity index (χ0) is 25.5. The maximum atomic E-state index is 14.3. The number of alkyl halides is 3. The van der Waals surface area contributed by atoms with Gasteiger partial charge in [-0.25, -0.2) is 17.8 Å². The Hall–Kier alpha value is -2.96. The van der Waals surface area contributed by atoms with Crippen molar-refractivity contribution in [2.75, 3.05) is 11.9 Å². The second kappa shape index (κ2) is 9.25. The highest BCUT2D eigenvalue weighted by atomic mass is 35.5. The van der Waals surface area contributed by atoms with Gasteiger partial charge in [0.2, 0.25) is 5.91 Å². The van der Waals surface area contributed by atoms with E-state index in [2.05, 4.69) is 10.3 Å². The average molecular weight is 531 g/mol. The predicted molar refractivity (Wildman–Crippen MR) is 120 cm³/mol. The van der Waals surface area contributed by atoms with Gasteiger partial charge >= 0.3 is 6.18 Å². The van der Waals surface area contributed by atoms with Crippen LogP contribution >= 0.6 is 11.6 Å². The van der Waals surface area contributed by atoms with E-state index in [-0.39, 0.29) is 35.2 Å². The minimum atomic E-state index is -4.89. The van der Waals surface area contributed by atoms with Gasteiger partial charge in [0.1, 0.15) is 5.82 Å². The first-order valence-corrected chi connectivity index (χ1v) is 12.1. The first kappa shape index (κ1) is 25.1. The van der Waals surface area contributed by atoms with Gasteiger partial charge in [-0.3, -0.25) is 4.79 Å². The number of sulfonamides is 1. The van der Waals surface area contributed by atoms with E-state index in [1.54, 1.807) is 13.1 Å². The number of benzene rings is 2. The van der Waals surface area contributed by atoms with Crippen molar-refractivity contribution < 1.29 is 30.8 Å². The Morgan fingerprint density at radius 2 is 1.97 bits per heavy atom. The van der Waals surface area contributed by atoms with Crippen molar-refractivity contribution in [2.45, 2.75) is 30.6 Å². The zero-order valence-corrected chi connectivity index (χ0v) is 19.8. The number of rotatable bonds is 5. The lowest BCUT2D eigenvalue weighted by Crippen LogP contribution is -2.36. The minimum Gasteiger partial charge on any atom is -0.339 e. The van der Waals surface area contributed by atoms with E-state index in [9.17, 15) is 30.8 Å². The van der Waals surface area contributed by atoms with Crippen molar-refractivity contribution in [2.24, 2.45) is 7.05 Å². The van der Waals surface area contributed by atoms with Crippen LogP contribution in [0, 0.1) is 5.82 Å². The van der Waals surface area contributed by atoms with Gasteiger partial charge in [0.05, 0.1) is 29.0 Å². The van der Waals surface area contributed by atoms with Gasteiger partial charge in [-0.1, -0.05) is 29.8 Å². The Bertz CT molecular complexity index is 1410. The van der Waals surface area contributed by atoms with E-state index in [1.165, 1.54) is 27.5 Å².